The first-order valence-corrected chi connectivity index (χ1v) is 4.77. The largest absolute Gasteiger partial charge is 0.381 e. The summed E-state index contributed by atoms with van der Waals surface area (Å²) in [5, 5.41) is 1.49. The fourth-order valence-corrected chi connectivity index (χ4v) is 2.17. The molecule has 0 bridgehead atoms. The molecule has 9 heavy (non-hydrogen) atoms. The summed E-state index contributed by atoms with van der Waals surface area (Å²) < 4.78 is 5.19. The third-order valence-corrected chi connectivity index (χ3v) is 2.91. The highest BCUT2D eigenvalue weighted by atomic mass is 35.5. The zero-order valence-electron chi connectivity index (χ0n) is 5.31. The van der Waals surface area contributed by atoms with Gasteiger partial charge in [-0.05, 0) is 12.8 Å². The van der Waals surface area contributed by atoms with Crippen molar-refractivity contribution in [2.45, 2.75) is 18.1 Å². The van der Waals surface area contributed by atoms with Crippen LogP contribution < -0.4 is 0 Å². The molecule has 0 spiro atoms. The van der Waals surface area contributed by atoms with Crippen LogP contribution in [0.1, 0.15) is 12.8 Å². The predicted molar refractivity (Wildman–Crippen MR) is 42.2 cm³/mol. The summed E-state index contributed by atoms with van der Waals surface area (Å²) in [5.74, 6) is 0. The molecule has 54 valence electrons. The molecular weight excluding hydrogens is 156 g/mol. The second-order valence-corrected chi connectivity index (χ2v) is 3.96. The van der Waals surface area contributed by atoms with Crippen LogP contribution in [0.3, 0.4) is 0 Å². The minimum Gasteiger partial charge on any atom is -0.381 e. The van der Waals surface area contributed by atoms with Gasteiger partial charge in [-0.1, -0.05) is 0 Å². The number of hydrogen-bond acceptors (Lipinski definition) is 2. The van der Waals surface area contributed by atoms with Gasteiger partial charge in [-0.2, -0.15) is 0 Å². The van der Waals surface area contributed by atoms with Crippen LogP contribution in [0, 0.1) is 0 Å². The van der Waals surface area contributed by atoms with Gasteiger partial charge < -0.3 is 4.74 Å². The van der Waals surface area contributed by atoms with Crippen molar-refractivity contribution in [2.24, 2.45) is 0 Å². The molecule has 0 aromatic rings. The van der Waals surface area contributed by atoms with Crippen molar-refractivity contribution in [1.29, 1.82) is 0 Å². The Morgan fingerprint density at radius 2 is 2.11 bits per heavy atom. The van der Waals surface area contributed by atoms with Crippen molar-refractivity contribution in [3.05, 3.63) is 0 Å². The minimum atomic E-state index is 0.727. The number of halogens is 1. The third-order valence-electron chi connectivity index (χ3n) is 1.47. The lowest BCUT2D eigenvalue weighted by molar-refractivity contribution is 0.100. The topological polar surface area (TPSA) is 9.23 Å². The van der Waals surface area contributed by atoms with Gasteiger partial charge in [0.2, 0.25) is 0 Å². The highest BCUT2D eigenvalue weighted by Gasteiger charge is 2.12. The van der Waals surface area contributed by atoms with Crippen molar-refractivity contribution in [1.82, 2.24) is 0 Å². The molecule has 1 nitrogen and oxygen atoms in total. The molecule has 1 saturated heterocycles. The van der Waals surface area contributed by atoms with Crippen LogP contribution in [0.5, 0.6) is 0 Å². The van der Waals surface area contributed by atoms with E-state index >= 15 is 0 Å². The van der Waals surface area contributed by atoms with Crippen LogP contribution in [0.15, 0.2) is 0 Å². The molecule has 0 radical (unpaired) electrons. The van der Waals surface area contributed by atoms with E-state index in [1.807, 2.05) is 11.8 Å². The maximum absolute atomic E-state index is 5.56. The maximum Gasteiger partial charge on any atom is 0.0683 e. The zero-order chi connectivity index (χ0) is 6.53. The fourth-order valence-electron chi connectivity index (χ4n) is 0.932. The first-order chi connectivity index (χ1) is 4.43. The smallest absolute Gasteiger partial charge is 0.0683 e. The SMILES string of the molecule is ClCSC1CCOCC1. The van der Waals surface area contributed by atoms with E-state index in [2.05, 4.69) is 0 Å². The Bertz CT molecular complexity index is 70.7. The molecule has 3 heteroatoms. The maximum atomic E-state index is 5.56. The van der Waals surface area contributed by atoms with Gasteiger partial charge in [-0.3, -0.25) is 0 Å². The average Bonchev–Trinajstić information content (AvgIpc) is 1.91. The molecule has 1 aliphatic heterocycles. The van der Waals surface area contributed by atoms with Crippen molar-refractivity contribution >= 4 is 23.4 Å². The lowest BCUT2D eigenvalue weighted by Crippen LogP contribution is -2.17. The van der Waals surface area contributed by atoms with E-state index in [1.54, 1.807) is 0 Å². The summed E-state index contributed by atoms with van der Waals surface area (Å²) in [4.78, 5) is 0. The molecule has 0 amide bonds. The van der Waals surface area contributed by atoms with Crippen molar-refractivity contribution in [2.75, 3.05) is 18.4 Å². The summed E-state index contributed by atoms with van der Waals surface area (Å²) in [6.45, 7) is 1.85. The van der Waals surface area contributed by atoms with E-state index in [4.69, 9.17) is 16.3 Å². The molecule has 0 saturated carbocycles. The molecule has 0 atom stereocenters. The molecule has 0 aromatic heterocycles. The normalized spacial score (nSPS) is 22.3. The Morgan fingerprint density at radius 1 is 1.44 bits per heavy atom. The van der Waals surface area contributed by atoms with Crippen LogP contribution in [0.2, 0.25) is 0 Å². The molecule has 1 fully saturated rings. The molecule has 0 aliphatic carbocycles. The van der Waals surface area contributed by atoms with E-state index in [9.17, 15) is 0 Å². The van der Waals surface area contributed by atoms with Crippen LogP contribution in [0.25, 0.3) is 0 Å². The van der Waals surface area contributed by atoms with E-state index in [-0.39, 0.29) is 0 Å². The standard InChI is InChI=1S/C6H11ClOS/c7-5-9-6-1-3-8-4-2-6/h6H,1-5H2. The molecule has 0 unspecified atom stereocenters. The number of ether oxygens (including phenoxy) is 1. The van der Waals surface area contributed by atoms with Gasteiger partial charge >= 0.3 is 0 Å². The molecule has 0 N–H and O–H groups in total. The second-order valence-electron chi connectivity index (χ2n) is 2.09. The highest BCUT2D eigenvalue weighted by molar-refractivity contribution is 8.00. The van der Waals surface area contributed by atoms with Gasteiger partial charge in [-0.25, -0.2) is 0 Å². The third kappa shape index (κ3) is 2.78. The summed E-state index contributed by atoms with van der Waals surface area (Å²) in [6.07, 6.45) is 2.36. The van der Waals surface area contributed by atoms with Gasteiger partial charge in [0.15, 0.2) is 0 Å². The Labute approximate surface area is 65.1 Å². The number of hydrogen-bond donors (Lipinski definition) is 0. The molecule has 0 aromatic carbocycles. The molecule has 1 heterocycles. The molecule has 1 rings (SSSR count). The quantitative estimate of drug-likeness (QED) is 0.582. The van der Waals surface area contributed by atoms with Gasteiger partial charge in [0.1, 0.15) is 0 Å². The summed E-state index contributed by atoms with van der Waals surface area (Å²) in [6, 6.07) is 0. The Balaban J connectivity index is 2.08. The van der Waals surface area contributed by atoms with Gasteiger partial charge in [-0.15, -0.1) is 23.4 Å². The van der Waals surface area contributed by atoms with Crippen LogP contribution in [-0.4, -0.2) is 23.7 Å². The van der Waals surface area contributed by atoms with Crippen LogP contribution in [-0.2, 0) is 4.74 Å². The Morgan fingerprint density at radius 3 is 2.67 bits per heavy atom. The van der Waals surface area contributed by atoms with Gasteiger partial charge in [0.25, 0.3) is 0 Å². The van der Waals surface area contributed by atoms with Gasteiger partial charge in [0.05, 0.1) is 5.21 Å². The lowest BCUT2D eigenvalue weighted by Gasteiger charge is -2.19. The van der Waals surface area contributed by atoms with E-state index in [0.29, 0.717) is 0 Å². The second kappa shape index (κ2) is 4.42. The molecule has 1 aliphatic rings. The number of thioether (sulfide) groups is 1. The number of alkyl halides is 1. The summed E-state index contributed by atoms with van der Waals surface area (Å²) in [7, 11) is 0. The first kappa shape index (κ1) is 7.70. The number of rotatable bonds is 2. The van der Waals surface area contributed by atoms with Crippen molar-refractivity contribution in [3.63, 3.8) is 0 Å². The Kier molecular flexibility index (Phi) is 3.78. The average molecular weight is 167 g/mol. The lowest BCUT2D eigenvalue weighted by atomic mass is 10.2. The highest BCUT2D eigenvalue weighted by Crippen LogP contribution is 2.22. The van der Waals surface area contributed by atoms with Crippen LogP contribution in [0.4, 0.5) is 0 Å². The van der Waals surface area contributed by atoms with Crippen LogP contribution >= 0.6 is 23.4 Å². The minimum absolute atomic E-state index is 0.727. The van der Waals surface area contributed by atoms with Crippen molar-refractivity contribution in [3.8, 4) is 0 Å². The van der Waals surface area contributed by atoms with E-state index in [1.165, 1.54) is 12.8 Å². The zero-order valence-corrected chi connectivity index (χ0v) is 6.88. The van der Waals surface area contributed by atoms with E-state index in [0.717, 1.165) is 23.7 Å². The van der Waals surface area contributed by atoms with E-state index < -0.39 is 0 Å². The van der Waals surface area contributed by atoms with Gasteiger partial charge in [0, 0.05) is 18.5 Å². The Hall–Kier alpha value is 0.600. The fraction of sp³-hybridized carbons (Fsp3) is 1.00. The molecular formula is C6H11ClOS. The van der Waals surface area contributed by atoms with Crippen molar-refractivity contribution < 1.29 is 4.74 Å². The monoisotopic (exact) mass is 166 g/mol. The first-order valence-electron chi connectivity index (χ1n) is 3.19. The summed E-state index contributed by atoms with van der Waals surface area (Å²) in [5.41, 5.74) is 0. The predicted octanol–water partition coefficient (Wildman–Crippen LogP) is 2.09. The summed E-state index contributed by atoms with van der Waals surface area (Å²) >= 11 is 7.39.